The highest BCUT2D eigenvalue weighted by Gasteiger charge is 2.38. The van der Waals surface area contributed by atoms with Gasteiger partial charge >= 0.3 is 0 Å². The molecule has 0 radical (unpaired) electrons. The van der Waals surface area contributed by atoms with Crippen LogP contribution in [0.15, 0.2) is 164 Å². The van der Waals surface area contributed by atoms with Crippen LogP contribution >= 0.6 is 11.3 Å². The predicted octanol–water partition coefficient (Wildman–Crippen LogP) is 15.0. The molecule has 8 aromatic carbocycles. The third-order valence-corrected chi connectivity index (χ3v) is 13.7. The van der Waals surface area contributed by atoms with E-state index in [2.05, 4.69) is 196 Å². The summed E-state index contributed by atoms with van der Waals surface area (Å²) in [6, 6.07) is 61.3. The summed E-state index contributed by atoms with van der Waals surface area (Å²) in [5, 5.41) is 5.23. The zero-order chi connectivity index (χ0) is 36.3. The first kappa shape index (κ1) is 31.6. The van der Waals surface area contributed by atoms with E-state index < -0.39 is 0 Å². The van der Waals surface area contributed by atoms with Crippen LogP contribution in [-0.4, -0.2) is 0 Å². The van der Waals surface area contributed by atoms with Gasteiger partial charge in [-0.05, 0) is 103 Å². The van der Waals surface area contributed by atoms with Gasteiger partial charge in [0.1, 0.15) is 0 Å². The molecule has 2 aliphatic carbocycles. The quantitative estimate of drug-likeness (QED) is 0.176. The first-order valence-corrected chi connectivity index (χ1v) is 19.8. The van der Waals surface area contributed by atoms with Gasteiger partial charge in [-0.15, -0.1) is 11.3 Å². The molecule has 0 bridgehead atoms. The first-order valence-electron chi connectivity index (χ1n) is 19.0. The Morgan fingerprint density at radius 2 is 1.02 bits per heavy atom. The number of rotatable bonds is 4. The van der Waals surface area contributed by atoms with Gasteiger partial charge in [0.25, 0.3) is 0 Å². The Bertz CT molecular complexity index is 2990. The molecule has 11 rings (SSSR count). The van der Waals surface area contributed by atoms with E-state index >= 15 is 0 Å². The van der Waals surface area contributed by atoms with Gasteiger partial charge in [-0.2, -0.15) is 0 Å². The van der Waals surface area contributed by atoms with Gasteiger partial charge in [0.2, 0.25) is 0 Å². The van der Waals surface area contributed by atoms with Crippen LogP contribution in [-0.2, 0) is 10.8 Å². The maximum atomic E-state index is 2.47. The fraction of sp³-hybridized carbons (Fsp3) is 0.115. The van der Waals surface area contributed by atoms with Crippen molar-refractivity contribution >= 4 is 59.3 Å². The Labute approximate surface area is 320 Å². The molecule has 1 nitrogen and oxygen atoms in total. The summed E-state index contributed by atoms with van der Waals surface area (Å²) < 4.78 is 2.73. The van der Waals surface area contributed by atoms with Gasteiger partial charge in [-0.25, -0.2) is 0 Å². The molecular formula is C52H39NS. The molecule has 0 atom stereocenters. The molecule has 2 aliphatic rings. The molecule has 1 aromatic heterocycles. The molecule has 0 saturated heterocycles. The van der Waals surface area contributed by atoms with E-state index in [4.69, 9.17) is 0 Å². The van der Waals surface area contributed by atoms with Crippen molar-refractivity contribution in [3.63, 3.8) is 0 Å². The van der Waals surface area contributed by atoms with Crippen molar-refractivity contribution in [2.75, 3.05) is 4.90 Å². The number of hydrogen-bond acceptors (Lipinski definition) is 2. The molecule has 0 aliphatic heterocycles. The smallest absolute Gasteiger partial charge is 0.0468 e. The van der Waals surface area contributed by atoms with Gasteiger partial charge in [0.05, 0.1) is 0 Å². The second-order valence-electron chi connectivity index (χ2n) is 16.1. The molecule has 0 spiro atoms. The fourth-order valence-electron chi connectivity index (χ4n) is 9.69. The van der Waals surface area contributed by atoms with E-state index in [1.165, 1.54) is 98.0 Å². The van der Waals surface area contributed by atoms with Crippen LogP contribution in [0.25, 0.3) is 64.3 Å². The van der Waals surface area contributed by atoms with Crippen molar-refractivity contribution in [3.8, 4) is 33.4 Å². The summed E-state index contributed by atoms with van der Waals surface area (Å²) in [5.41, 5.74) is 16.8. The van der Waals surface area contributed by atoms with Crippen LogP contribution in [0.1, 0.15) is 49.9 Å². The average molecular weight is 710 g/mol. The topological polar surface area (TPSA) is 3.24 Å². The Kier molecular flexibility index (Phi) is 6.59. The predicted molar refractivity (Wildman–Crippen MR) is 232 cm³/mol. The van der Waals surface area contributed by atoms with Gasteiger partial charge in [0.15, 0.2) is 0 Å². The summed E-state index contributed by atoms with van der Waals surface area (Å²) in [7, 11) is 0. The largest absolute Gasteiger partial charge is 0.310 e. The van der Waals surface area contributed by atoms with E-state index in [9.17, 15) is 0 Å². The SMILES string of the molecule is CC1(C)c2ccccc2-c2ccc(N(c3ccc(-c4cccc5ccccc45)cc3)c3ccc4c(c3)-c3c(ccc5c3sc3ccccc35)C4(C)C)cc21. The van der Waals surface area contributed by atoms with Gasteiger partial charge in [0, 0.05) is 53.6 Å². The fourth-order valence-corrected chi connectivity index (χ4v) is 11.0. The Balaban J connectivity index is 1.11. The first-order chi connectivity index (χ1) is 26.3. The van der Waals surface area contributed by atoms with Crippen LogP contribution in [0.4, 0.5) is 17.1 Å². The highest BCUT2D eigenvalue weighted by Crippen LogP contribution is 2.56. The summed E-state index contributed by atoms with van der Waals surface area (Å²) in [5.74, 6) is 0. The van der Waals surface area contributed by atoms with E-state index in [1.807, 2.05) is 11.3 Å². The molecule has 0 saturated carbocycles. The molecule has 258 valence electrons. The third kappa shape index (κ3) is 4.38. The van der Waals surface area contributed by atoms with E-state index in [0.717, 1.165) is 5.69 Å². The molecule has 0 N–H and O–H groups in total. The van der Waals surface area contributed by atoms with E-state index in [1.54, 1.807) is 0 Å². The molecule has 1 heterocycles. The number of thiophene rings is 1. The van der Waals surface area contributed by atoms with Gasteiger partial charge in [-0.3, -0.25) is 0 Å². The van der Waals surface area contributed by atoms with Crippen LogP contribution in [0.3, 0.4) is 0 Å². The normalized spacial score (nSPS) is 14.6. The molecule has 0 unspecified atom stereocenters. The zero-order valence-electron chi connectivity index (χ0n) is 30.9. The Morgan fingerprint density at radius 1 is 0.407 bits per heavy atom. The minimum atomic E-state index is -0.0977. The molecule has 0 fully saturated rings. The number of anilines is 3. The summed E-state index contributed by atoms with van der Waals surface area (Å²) in [6.07, 6.45) is 0. The molecule has 9 aromatic rings. The second kappa shape index (κ2) is 11.3. The standard InChI is InChI=1S/C52H39NS/c1-51(2)45-28-25-35(30-43(45)49-46(51)29-27-42-41-16-8-10-19-48(41)54-50(42)49)53(36-24-26-40-39-15-7-9-18-44(39)52(3,4)47(40)31-36)34-22-20-33(21-23-34)38-17-11-13-32-12-5-6-14-37(32)38/h5-31H,1-4H3. The zero-order valence-corrected chi connectivity index (χ0v) is 31.8. The van der Waals surface area contributed by atoms with Gasteiger partial charge in [-0.1, -0.05) is 149 Å². The van der Waals surface area contributed by atoms with E-state index in [-0.39, 0.29) is 10.8 Å². The Hall–Kier alpha value is -5.96. The van der Waals surface area contributed by atoms with Crippen molar-refractivity contribution in [1.82, 2.24) is 0 Å². The number of nitrogens with zero attached hydrogens (tertiary/aromatic N) is 1. The summed E-state index contributed by atoms with van der Waals surface area (Å²) in [6.45, 7) is 9.52. The van der Waals surface area contributed by atoms with Crippen molar-refractivity contribution in [3.05, 3.63) is 186 Å². The van der Waals surface area contributed by atoms with Crippen LogP contribution in [0, 0.1) is 0 Å². The summed E-state index contributed by atoms with van der Waals surface area (Å²) in [4.78, 5) is 2.47. The molecule has 0 amide bonds. The van der Waals surface area contributed by atoms with Crippen LogP contribution in [0.2, 0.25) is 0 Å². The lowest BCUT2D eigenvalue weighted by atomic mass is 9.82. The van der Waals surface area contributed by atoms with Crippen molar-refractivity contribution in [1.29, 1.82) is 0 Å². The second-order valence-corrected chi connectivity index (χ2v) is 17.2. The van der Waals surface area contributed by atoms with Crippen LogP contribution < -0.4 is 4.90 Å². The highest BCUT2D eigenvalue weighted by molar-refractivity contribution is 7.26. The molecule has 2 heteroatoms. The monoisotopic (exact) mass is 709 g/mol. The lowest BCUT2D eigenvalue weighted by Gasteiger charge is -2.29. The van der Waals surface area contributed by atoms with Crippen molar-refractivity contribution in [2.45, 2.75) is 38.5 Å². The molecule has 54 heavy (non-hydrogen) atoms. The summed E-state index contributed by atoms with van der Waals surface area (Å²) >= 11 is 1.93. The highest BCUT2D eigenvalue weighted by atomic mass is 32.1. The van der Waals surface area contributed by atoms with E-state index in [0.29, 0.717) is 0 Å². The number of benzene rings is 8. The Morgan fingerprint density at radius 3 is 1.89 bits per heavy atom. The van der Waals surface area contributed by atoms with Crippen LogP contribution in [0.5, 0.6) is 0 Å². The third-order valence-electron chi connectivity index (χ3n) is 12.5. The lowest BCUT2D eigenvalue weighted by Crippen LogP contribution is -2.17. The lowest BCUT2D eigenvalue weighted by molar-refractivity contribution is 0.660. The maximum absolute atomic E-state index is 2.47. The number of hydrogen-bond donors (Lipinski definition) is 0. The van der Waals surface area contributed by atoms with Gasteiger partial charge < -0.3 is 4.90 Å². The average Bonchev–Trinajstić information content (AvgIpc) is 3.78. The minimum absolute atomic E-state index is 0.0954. The van der Waals surface area contributed by atoms with Crippen molar-refractivity contribution < 1.29 is 0 Å². The molecular weight excluding hydrogens is 671 g/mol. The maximum Gasteiger partial charge on any atom is 0.0468 e. The van der Waals surface area contributed by atoms with Crippen molar-refractivity contribution in [2.24, 2.45) is 0 Å². The minimum Gasteiger partial charge on any atom is -0.310 e. The number of fused-ring (bicyclic) bond motifs is 11.